The number of carbonyl (C=O) groups excluding carboxylic acids is 1. The number of para-hydroxylation sites is 2. The predicted octanol–water partition coefficient (Wildman–Crippen LogP) is 5.85. The third kappa shape index (κ3) is 4.39. The molecular formula is C28H28N2O4. The van der Waals surface area contributed by atoms with Crippen molar-refractivity contribution >= 4 is 22.5 Å². The molecule has 1 amide bonds. The maximum absolute atomic E-state index is 13.2. The Morgan fingerprint density at radius 1 is 1.03 bits per heavy atom. The maximum atomic E-state index is 13.2. The minimum absolute atomic E-state index is 0.0119. The first kappa shape index (κ1) is 23.1. The number of aromatic amines is 1. The Hall–Kier alpha value is -4.06. The van der Waals surface area contributed by atoms with E-state index in [1.54, 1.807) is 18.2 Å². The molecule has 34 heavy (non-hydrogen) atoms. The molecule has 174 valence electrons. The van der Waals surface area contributed by atoms with Crippen LogP contribution in [-0.4, -0.2) is 22.6 Å². The van der Waals surface area contributed by atoms with E-state index in [2.05, 4.69) is 10.3 Å². The first-order valence-corrected chi connectivity index (χ1v) is 11.2. The zero-order valence-corrected chi connectivity index (χ0v) is 19.7. The van der Waals surface area contributed by atoms with Gasteiger partial charge in [0, 0.05) is 34.3 Å². The van der Waals surface area contributed by atoms with Gasteiger partial charge in [0.25, 0.3) is 5.91 Å². The number of benzene rings is 3. The smallest absolute Gasteiger partial charge is 0.261 e. The molecule has 3 aromatic carbocycles. The topological polar surface area (TPSA) is 91.4 Å². The fourth-order valence-electron chi connectivity index (χ4n) is 4.01. The summed E-state index contributed by atoms with van der Waals surface area (Å²) in [5.74, 6) is 0.160. The van der Waals surface area contributed by atoms with Gasteiger partial charge < -0.3 is 20.1 Å². The van der Waals surface area contributed by atoms with Gasteiger partial charge in [0.15, 0.2) is 0 Å². The number of carbonyl (C=O) groups is 1. The van der Waals surface area contributed by atoms with Crippen LogP contribution in [0.25, 0.3) is 22.0 Å². The van der Waals surface area contributed by atoms with Gasteiger partial charge in [-0.3, -0.25) is 9.59 Å². The number of pyridine rings is 1. The molecule has 1 heterocycles. The normalized spacial score (nSPS) is 11.4. The summed E-state index contributed by atoms with van der Waals surface area (Å²) in [5.41, 5.74) is 2.53. The Morgan fingerprint density at radius 2 is 1.74 bits per heavy atom. The highest BCUT2D eigenvalue weighted by atomic mass is 16.5. The molecule has 0 atom stereocenters. The van der Waals surface area contributed by atoms with Crippen LogP contribution < -0.4 is 15.5 Å². The molecule has 3 N–H and O–H groups in total. The number of ether oxygens (including phenoxy) is 1. The van der Waals surface area contributed by atoms with E-state index in [1.165, 1.54) is 12.3 Å². The molecular weight excluding hydrogens is 428 g/mol. The summed E-state index contributed by atoms with van der Waals surface area (Å²) in [5, 5.41) is 14.1. The molecule has 0 saturated carbocycles. The quantitative estimate of drug-likeness (QED) is 0.351. The van der Waals surface area contributed by atoms with Crippen molar-refractivity contribution in [2.24, 2.45) is 0 Å². The molecule has 1 aromatic heterocycles. The van der Waals surface area contributed by atoms with Crippen LogP contribution in [0.15, 0.2) is 71.7 Å². The van der Waals surface area contributed by atoms with Crippen molar-refractivity contribution in [3.05, 3.63) is 88.2 Å². The minimum Gasteiger partial charge on any atom is -0.508 e. The van der Waals surface area contributed by atoms with E-state index < -0.39 is 5.91 Å². The van der Waals surface area contributed by atoms with E-state index >= 15 is 0 Å². The lowest BCUT2D eigenvalue weighted by Gasteiger charge is -2.24. The lowest BCUT2D eigenvalue weighted by atomic mass is 9.84. The van der Waals surface area contributed by atoms with Gasteiger partial charge in [-0.1, -0.05) is 51.1 Å². The molecule has 0 unspecified atom stereocenters. The lowest BCUT2D eigenvalue weighted by Crippen LogP contribution is -2.22. The third-order valence-electron chi connectivity index (χ3n) is 5.70. The average Bonchev–Trinajstić information content (AvgIpc) is 2.79. The fraction of sp³-hybridized carbons (Fsp3) is 0.214. The van der Waals surface area contributed by atoms with Crippen molar-refractivity contribution in [1.82, 2.24) is 4.98 Å². The number of hydrogen-bond acceptors (Lipinski definition) is 4. The largest absolute Gasteiger partial charge is 0.508 e. The number of phenolic OH excluding ortho intramolecular Hbond substituents is 1. The van der Waals surface area contributed by atoms with Gasteiger partial charge in [-0.25, -0.2) is 0 Å². The zero-order valence-electron chi connectivity index (χ0n) is 19.7. The Morgan fingerprint density at radius 3 is 2.47 bits per heavy atom. The van der Waals surface area contributed by atoms with Crippen molar-refractivity contribution in [2.75, 3.05) is 11.9 Å². The number of aromatic hydroxyl groups is 1. The molecule has 0 bridgehead atoms. The van der Waals surface area contributed by atoms with E-state index in [0.717, 1.165) is 11.1 Å². The molecule has 0 radical (unpaired) electrons. The molecule has 0 saturated heterocycles. The number of fused-ring (bicyclic) bond motifs is 1. The molecule has 0 aliphatic heterocycles. The van der Waals surface area contributed by atoms with E-state index in [0.29, 0.717) is 34.5 Å². The second-order valence-electron chi connectivity index (χ2n) is 9.13. The number of hydrogen-bond donors (Lipinski definition) is 3. The summed E-state index contributed by atoms with van der Waals surface area (Å²) >= 11 is 0. The Labute approximate surface area is 198 Å². The van der Waals surface area contributed by atoms with Crippen molar-refractivity contribution in [2.45, 2.75) is 33.1 Å². The summed E-state index contributed by atoms with van der Waals surface area (Å²) in [7, 11) is 0. The van der Waals surface area contributed by atoms with E-state index in [-0.39, 0.29) is 22.2 Å². The van der Waals surface area contributed by atoms with Crippen LogP contribution in [0.5, 0.6) is 11.5 Å². The first-order valence-electron chi connectivity index (χ1n) is 11.2. The molecule has 0 aliphatic rings. The van der Waals surface area contributed by atoms with Crippen LogP contribution >= 0.6 is 0 Å². The van der Waals surface area contributed by atoms with Crippen LogP contribution in [-0.2, 0) is 5.41 Å². The third-order valence-corrected chi connectivity index (χ3v) is 5.70. The van der Waals surface area contributed by atoms with E-state index in [4.69, 9.17) is 4.74 Å². The Bertz CT molecular complexity index is 1430. The van der Waals surface area contributed by atoms with Gasteiger partial charge in [0.2, 0.25) is 5.43 Å². The number of aromatic nitrogens is 1. The highest BCUT2D eigenvalue weighted by Gasteiger charge is 2.24. The molecule has 0 aliphatic carbocycles. The van der Waals surface area contributed by atoms with Crippen molar-refractivity contribution in [3.8, 4) is 22.6 Å². The summed E-state index contributed by atoms with van der Waals surface area (Å²) in [6.45, 7) is 8.41. The number of H-pyrrole nitrogens is 1. The molecule has 4 aromatic rings. The van der Waals surface area contributed by atoms with Crippen LogP contribution in [0.3, 0.4) is 0 Å². The summed E-state index contributed by atoms with van der Waals surface area (Å²) in [6, 6.07) is 18.0. The monoisotopic (exact) mass is 456 g/mol. The average molecular weight is 457 g/mol. The van der Waals surface area contributed by atoms with Crippen molar-refractivity contribution in [1.29, 1.82) is 0 Å². The number of phenols is 1. The molecule has 0 fully saturated rings. The standard InChI is InChI=1S/C28H28N2O4/c1-5-34-25-13-9-7-10-17(25)19-14-21(28(2,3)4)24(31)15-23(19)30-27(33)20-16-29-22-12-8-6-11-18(22)26(20)32/h6-16,31H,5H2,1-4H3,(H,29,32)(H,30,33). The molecule has 6 nitrogen and oxygen atoms in total. The van der Waals surface area contributed by atoms with Crippen LogP contribution in [0.2, 0.25) is 0 Å². The highest BCUT2D eigenvalue weighted by molar-refractivity contribution is 6.08. The fourth-order valence-corrected chi connectivity index (χ4v) is 4.01. The van der Waals surface area contributed by atoms with E-state index in [9.17, 15) is 14.7 Å². The summed E-state index contributed by atoms with van der Waals surface area (Å²) in [4.78, 5) is 29.2. The van der Waals surface area contributed by atoms with Crippen LogP contribution in [0, 0.1) is 0 Å². The number of amides is 1. The minimum atomic E-state index is -0.565. The van der Waals surface area contributed by atoms with Gasteiger partial charge >= 0.3 is 0 Å². The number of anilines is 1. The van der Waals surface area contributed by atoms with Gasteiger partial charge in [-0.2, -0.15) is 0 Å². The van der Waals surface area contributed by atoms with Crippen LogP contribution in [0.4, 0.5) is 5.69 Å². The zero-order chi connectivity index (χ0) is 24.5. The van der Waals surface area contributed by atoms with Gasteiger partial charge in [0.1, 0.15) is 17.1 Å². The number of rotatable bonds is 5. The number of nitrogens with one attached hydrogen (secondary N) is 2. The Balaban J connectivity index is 1.85. The maximum Gasteiger partial charge on any atom is 0.261 e. The summed E-state index contributed by atoms with van der Waals surface area (Å²) in [6.07, 6.45) is 1.41. The highest BCUT2D eigenvalue weighted by Crippen LogP contribution is 2.42. The first-order chi connectivity index (χ1) is 16.2. The predicted molar refractivity (Wildman–Crippen MR) is 136 cm³/mol. The van der Waals surface area contributed by atoms with Crippen LogP contribution in [0.1, 0.15) is 43.6 Å². The Kier molecular flexibility index (Phi) is 6.16. The van der Waals surface area contributed by atoms with E-state index in [1.807, 2.05) is 64.1 Å². The SMILES string of the molecule is CCOc1ccccc1-c1cc(C(C)(C)C)c(O)cc1NC(=O)c1c[nH]c2ccccc2c1=O. The summed E-state index contributed by atoms with van der Waals surface area (Å²) < 4.78 is 5.83. The second-order valence-corrected chi connectivity index (χ2v) is 9.13. The second kappa shape index (κ2) is 9.06. The molecule has 6 heteroatoms. The lowest BCUT2D eigenvalue weighted by molar-refractivity contribution is 0.102. The van der Waals surface area contributed by atoms with Crippen molar-refractivity contribution in [3.63, 3.8) is 0 Å². The van der Waals surface area contributed by atoms with Gasteiger partial charge in [0.05, 0.1) is 12.3 Å². The molecule has 4 rings (SSSR count). The van der Waals surface area contributed by atoms with Gasteiger partial charge in [-0.15, -0.1) is 0 Å². The van der Waals surface area contributed by atoms with Gasteiger partial charge in [-0.05, 0) is 42.2 Å². The molecule has 0 spiro atoms. The van der Waals surface area contributed by atoms with Crippen molar-refractivity contribution < 1.29 is 14.6 Å².